The highest BCUT2D eigenvalue weighted by molar-refractivity contribution is 8.05. The van der Waals surface area contributed by atoms with Crippen molar-refractivity contribution in [2.24, 2.45) is 0 Å². The number of rotatable bonds is 6. The number of aromatic amines is 1. The van der Waals surface area contributed by atoms with Gasteiger partial charge in [-0.1, -0.05) is 35.7 Å². The zero-order valence-corrected chi connectivity index (χ0v) is 23.1. The maximum atomic E-state index is 11.9. The third-order valence-corrected chi connectivity index (χ3v) is 9.61. The molecule has 0 spiro atoms. The molecular formula is C30H26N6O2S2. The second kappa shape index (κ2) is 10.9. The average molecular weight is 567 g/mol. The Morgan fingerprint density at radius 3 is 2.88 bits per heavy atom. The number of fused-ring (bicyclic) bond motifs is 2. The van der Waals surface area contributed by atoms with E-state index in [4.69, 9.17) is 4.74 Å². The molecule has 2 aliphatic rings. The number of ether oxygens (including phenoxy) is 1. The minimum absolute atomic E-state index is 0.0646. The lowest BCUT2D eigenvalue weighted by Gasteiger charge is -2.36. The van der Waals surface area contributed by atoms with Crippen LogP contribution in [0.1, 0.15) is 17.2 Å². The standard InChI is InChI=1S/C30H26N6O2S2/c37-29-14-22(6-7-33-29)35-10-11-38-25(18-35)24-2-1-3-27-30(24)40-26-5-4-21(13-28(26)39-27)34-16-20-12-23(17-32-15-20)36-9-8-31-19-36/h1-9,12-15,17,19,25,34H,10-11,16,18H2,(H,33,37). The van der Waals surface area contributed by atoms with Crippen LogP contribution in [0.4, 0.5) is 11.4 Å². The Morgan fingerprint density at radius 2 is 1.98 bits per heavy atom. The van der Waals surface area contributed by atoms with E-state index in [1.807, 2.05) is 29.2 Å². The van der Waals surface area contributed by atoms with E-state index in [2.05, 4.69) is 67.6 Å². The van der Waals surface area contributed by atoms with Crippen LogP contribution in [-0.2, 0) is 11.3 Å². The van der Waals surface area contributed by atoms with Gasteiger partial charge in [-0.15, -0.1) is 0 Å². The summed E-state index contributed by atoms with van der Waals surface area (Å²) < 4.78 is 8.21. The fraction of sp³-hybridized carbons (Fsp3) is 0.167. The molecule has 8 nitrogen and oxygen atoms in total. The Bertz CT molecular complexity index is 1720. The van der Waals surface area contributed by atoms with Crippen LogP contribution in [0.25, 0.3) is 5.69 Å². The Labute approximate surface area is 239 Å². The van der Waals surface area contributed by atoms with Crippen molar-refractivity contribution in [2.45, 2.75) is 32.2 Å². The largest absolute Gasteiger partial charge is 0.381 e. The van der Waals surface area contributed by atoms with Gasteiger partial charge in [0.2, 0.25) is 5.56 Å². The van der Waals surface area contributed by atoms with Crippen LogP contribution in [0.15, 0.2) is 116 Å². The van der Waals surface area contributed by atoms with Gasteiger partial charge in [0.15, 0.2) is 0 Å². The van der Waals surface area contributed by atoms with E-state index in [0.29, 0.717) is 19.7 Å². The van der Waals surface area contributed by atoms with Gasteiger partial charge in [0.05, 0.1) is 24.8 Å². The molecule has 1 atom stereocenters. The molecule has 5 heterocycles. The van der Waals surface area contributed by atoms with Gasteiger partial charge < -0.3 is 24.5 Å². The number of imidazole rings is 1. The van der Waals surface area contributed by atoms with Crippen LogP contribution in [0, 0.1) is 0 Å². The van der Waals surface area contributed by atoms with Crippen molar-refractivity contribution in [2.75, 3.05) is 29.9 Å². The maximum absolute atomic E-state index is 11.9. The van der Waals surface area contributed by atoms with Gasteiger partial charge in [0.25, 0.3) is 0 Å². The first-order chi connectivity index (χ1) is 19.7. The molecule has 2 aliphatic heterocycles. The SMILES string of the molecule is O=c1cc(N2CCOC(c3cccc4c3Sc3ccc(NCc5cncc(-n6ccnc6)c5)cc3S4)C2)cc[nH]1. The molecule has 0 saturated carbocycles. The molecular weight excluding hydrogens is 541 g/mol. The van der Waals surface area contributed by atoms with E-state index >= 15 is 0 Å². The molecule has 0 aliphatic carbocycles. The Morgan fingerprint density at radius 1 is 1.00 bits per heavy atom. The topological polar surface area (TPSA) is 88.1 Å². The molecule has 200 valence electrons. The summed E-state index contributed by atoms with van der Waals surface area (Å²) in [6.45, 7) is 2.76. The highest BCUT2D eigenvalue weighted by Crippen LogP contribution is 2.51. The monoisotopic (exact) mass is 566 g/mol. The van der Waals surface area contributed by atoms with E-state index in [-0.39, 0.29) is 11.7 Å². The van der Waals surface area contributed by atoms with Crippen LogP contribution in [0.5, 0.6) is 0 Å². The lowest BCUT2D eigenvalue weighted by molar-refractivity contribution is 0.0379. The number of hydrogen-bond donors (Lipinski definition) is 2. The summed E-state index contributed by atoms with van der Waals surface area (Å²) in [6.07, 6.45) is 10.8. The molecule has 0 bridgehead atoms. The number of hydrogen-bond acceptors (Lipinski definition) is 8. The number of nitrogens with zero attached hydrogens (tertiary/aromatic N) is 4. The van der Waals surface area contributed by atoms with Gasteiger partial charge in [-0.25, -0.2) is 4.98 Å². The predicted octanol–water partition coefficient (Wildman–Crippen LogP) is 5.76. The molecule has 7 rings (SSSR count). The number of morpholine rings is 1. The van der Waals surface area contributed by atoms with Crippen molar-refractivity contribution < 1.29 is 4.74 Å². The number of benzene rings is 2. The van der Waals surface area contributed by atoms with Crippen molar-refractivity contribution in [1.82, 2.24) is 19.5 Å². The maximum Gasteiger partial charge on any atom is 0.249 e. The van der Waals surface area contributed by atoms with E-state index in [9.17, 15) is 4.79 Å². The number of H-pyrrole nitrogens is 1. The first kappa shape index (κ1) is 25.0. The molecule has 2 N–H and O–H groups in total. The van der Waals surface area contributed by atoms with E-state index in [0.717, 1.165) is 29.2 Å². The Hall–Kier alpha value is -3.99. The number of anilines is 2. The lowest BCUT2D eigenvalue weighted by Crippen LogP contribution is -2.39. The van der Waals surface area contributed by atoms with Gasteiger partial charge in [0, 0.05) is 81.4 Å². The van der Waals surface area contributed by atoms with Crippen LogP contribution < -0.4 is 15.8 Å². The highest BCUT2D eigenvalue weighted by Gasteiger charge is 2.28. The fourth-order valence-electron chi connectivity index (χ4n) is 5.02. The number of nitrogens with one attached hydrogen (secondary N) is 2. The molecule has 10 heteroatoms. The quantitative estimate of drug-likeness (QED) is 0.263. The summed E-state index contributed by atoms with van der Waals surface area (Å²) in [5, 5.41) is 3.56. The third-order valence-electron chi connectivity index (χ3n) is 7.00. The van der Waals surface area contributed by atoms with E-state index in [1.165, 1.54) is 25.1 Å². The molecule has 1 fully saturated rings. The van der Waals surface area contributed by atoms with Gasteiger partial charge in [-0.3, -0.25) is 9.78 Å². The highest BCUT2D eigenvalue weighted by atomic mass is 32.2. The molecule has 40 heavy (non-hydrogen) atoms. The lowest BCUT2D eigenvalue weighted by atomic mass is 10.1. The summed E-state index contributed by atoms with van der Waals surface area (Å²) in [5.41, 5.74) is 5.20. The number of pyridine rings is 2. The zero-order valence-electron chi connectivity index (χ0n) is 21.5. The second-order valence-electron chi connectivity index (χ2n) is 9.63. The van der Waals surface area contributed by atoms with Gasteiger partial charge >= 0.3 is 0 Å². The third kappa shape index (κ3) is 5.13. The van der Waals surface area contributed by atoms with E-state index < -0.39 is 0 Å². The van der Waals surface area contributed by atoms with Crippen LogP contribution in [-0.4, -0.2) is 39.2 Å². The summed E-state index contributed by atoms with van der Waals surface area (Å²) in [5.74, 6) is 0. The minimum Gasteiger partial charge on any atom is -0.381 e. The van der Waals surface area contributed by atoms with Crippen LogP contribution in [0.3, 0.4) is 0 Å². The first-order valence-corrected chi connectivity index (χ1v) is 14.7. The summed E-state index contributed by atoms with van der Waals surface area (Å²) in [4.78, 5) is 30.3. The zero-order chi connectivity index (χ0) is 26.9. The summed E-state index contributed by atoms with van der Waals surface area (Å²) >= 11 is 3.60. The summed E-state index contributed by atoms with van der Waals surface area (Å²) in [7, 11) is 0. The van der Waals surface area contributed by atoms with Crippen molar-refractivity contribution in [3.05, 3.63) is 113 Å². The molecule has 0 amide bonds. The second-order valence-corrected chi connectivity index (χ2v) is 11.8. The Kier molecular flexibility index (Phi) is 6.80. The molecule has 0 radical (unpaired) electrons. The van der Waals surface area contributed by atoms with Crippen LogP contribution in [0.2, 0.25) is 0 Å². The van der Waals surface area contributed by atoms with Crippen molar-refractivity contribution in [1.29, 1.82) is 0 Å². The average Bonchev–Trinajstić information content (AvgIpc) is 3.54. The molecule has 3 aromatic heterocycles. The molecule has 1 saturated heterocycles. The molecule has 1 unspecified atom stereocenters. The van der Waals surface area contributed by atoms with Crippen LogP contribution >= 0.6 is 23.5 Å². The van der Waals surface area contributed by atoms with Gasteiger partial charge in [-0.2, -0.15) is 0 Å². The van der Waals surface area contributed by atoms with Crippen molar-refractivity contribution in [3.8, 4) is 5.69 Å². The minimum atomic E-state index is -0.0882. The normalized spacial score (nSPS) is 16.3. The summed E-state index contributed by atoms with van der Waals surface area (Å²) in [6, 6.07) is 18.7. The van der Waals surface area contributed by atoms with Gasteiger partial charge in [0.1, 0.15) is 6.10 Å². The van der Waals surface area contributed by atoms with Gasteiger partial charge in [-0.05, 0) is 47.5 Å². The Balaban J connectivity index is 1.07. The number of aromatic nitrogens is 4. The van der Waals surface area contributed by atoms with Crippen molar-refractivity contribution >= 4 is 34.9 Å². The molecule has 2 aromatic carbocycles. The molecule has 5 aromatic rings. The smallest absolute Gasteiger partial charge is 0.249 e. The predicted molar refractivity (Wildman–Crippen MR) is 158 cm³/mol. The fourth-order valence-corrected chi connectivity index (χ4v) is 7.47. The van der Waals surface area contributed by atoms with Crippen molar-refractivity contribution in [3.63, 3.8) is 0 Å². The first-order valence-electron chi connectivity index (χ1n) is 13.0. The van der Waals surface area contributed by atoms with E-state index in [1.54, 1.807) is 48.3 Å².